The van der Waals surface area contributed by atoms with Gasteiger partial charge in [-0.05, 0) is 54.9 Å². The molecule has 3 N–H and O–H groups in total. The van der Waals surface area contributed by atoms with Crippen LogP contribution in [0.4, 0.5) is 15.8 Å². The van der Waals surface area contributed by atoms with Crippen molar-refractivity contribution in [2.75, 3.05) is 22.6 Å². The molecule has 0 unspecified atom stereocenters. The molecule has 0 bridgehead atoms. The van der Waals surface area contributed by atoms with E-state index in [1.807, 2.05) is 11.8 Å². The summed E-state index contributed by atoms with van der Waals surface area (Å²) >= 11 is 1.93. The Labute approximate surface area is 129 Å². The number of hydrogen-bond donors (Lipinski definition) is 2. The number of nitrogens with two attached hydrogens (primary N) is 1. The molecule has 0 radical (unpaired) electrons. The summed E-state index contributed by atoms with van der Waals surface area (Å²) in [5.74, 6) is 2.48. The van der Waals surface area contributed by atoms with Crippen molar-refractivity contribution in [3.63, 3.8) is 0 Å². The molecule has 1 fully saturated rings. The van der Waals surface area contributed by atoms with Crippen LogP contribution in [0.1, 0.15) is 38.5 Å². The summed E-state index contributed by atoms with van der Waals surface area (Å²) in [6.07, 6.45) is 6.72. The summed E-state index contributed by atoms with van der Waals surface area (Å²) in [6, 6.07) is 4.19. The van der Waals surface area contributed by atoms with Gasteiger partial charge in [-0.1, -0.05) is 12.8 Å². The number of halogens is 1. The highest BCUT2D eigenvalue weighted by Gasteiger charge is 2.14. The van der Waals surface area contributed by atoms with Gasteiger partial charge in [0.25, 0.3) is 0 Å². The lowest BCUT2D eigenvalue weighted by Gasteiger charge is -2.09. The maximum Gasteiger partial charge on any atom is 0.224 e. The Hall–Kier alpha value is -1.23. The van der Waals surface area contributed by atoms with Crippen molar-refractivity contribution < 1.29 is 9.18 Å². The number of carbonyl (C=O) groups is 1. The summed E-state index contributed by atoms with van der Waals surface area (Å²) in [5.41, 5.74) is 6.19. The number of rotatable bonds is 7. The predicted molar refractivity (Wildman–Crippen MR) is 88.0 cm³/mol. The van der Waals surface area contributed by atoms with E-state index < -0.39 is 5.82 Å². The van der Waals surface area contributed by atoms with Crippen LogP contribution in [-0.4, -0.2) is 17.4 Å². The molecular weight excluding hydrogens is 287 g/mol. The van der Waals surface area contributed by atoms with Gasteiger partial charge in [0.2, 0.25) is 5.91 Å². The van der Waals surface area contributed by atoms with E-state index in [0.717, 1.165) is 18.1 Å². The molecule has 116 valence electrons. The molecule has 0 aromatic heterocycles. The molecular formula is C16H23FN2OS. The minimum atomic E-state index is -0.451. The lowest BCUT2D eigenvalue weighted by atomic mass is 10.1. The van der Waals surface area contributed by atoms with Crippen molar-refractivity contribution >= 4 is 29.0 Å². The average Bonchev–Trinajstić information content (AvgIpc) is 2.96. The van der Waals surface area contributed by atoms with E-state index in [-0.39, 0.29) is 11.6 Å². The number of hydrogen-bond acceptors (Lipinski definition) is 3. The minimum absolute atomic E-state index is 0.152. The zero-order chi connectivity index (χ0) is 15.1. The lowest BCUT2D eigenvalue weighted by molar-refractivity contribution is -0.116. The molecule has 1 aliphatic carbocycles. The van der Waals surface area contributed by atoms with E-state index in [9.17, 15) is 9.18 Å². The van der Waals surface area contributed by atoms with Gasteiger partial charge < -0.3 is 11.1 Å². The molecule has 0 saturated heterocycles. The molecule has 21 heavy (non-hydrogen) atoms. The molecule has 1 saturated carbocycles. The Kier molecular flexibility index (Phi) is 6.36. The highest BCUT2D eigenvalue weighted by atomic mass is 32.2. The number of anilines is 2. The Balaban J connectivity index is 1.62. The van der Waals surface area contributed by atoms with E-state index in [2.05, 4.69) is 5.32 Å². The lowest BCUT2D eigenvalue weighted by Crippen LogP contribution is -2.13. The molecule has 0 atom stereocenters. The monoisotopic (exact) mass is 310 g/mol. The fraction of sp³-hybridized carbons (Fsp3) is 0.562. The number of benzene rings is 1. The van der Waals surface area contributed by atoms with Crippen molar-refractivity contribution in [3.05, 3.63) is 24.0 Å². The molecule has 1 aliphatic rings. The summed E-state index contributed by atoms with van der Waals surface area (Å²) in [4.78, 5) is 11.8. The molecule has 0 aliphatic heterocycles. The first-order chi connectivity index (χ1) is 10.1. The number of nitrogens with one attached hydrogen (secondary N) is 1. The SMILES string of the molecule is Nc1ccc(F)c(NC(=O)CCCSCC2CCCC2)c1. The second-order valence-electron chi connectivity index (χ2n) is 5.62. The van der Waals surface area contributed by atoms with E-state index >= 15 is 0 Å². The Bertz CT molecular complexity index is 475. The van der Waals surface area contributed by atoms with Crippen LogP contribution in [0.15, 0.2) is 18.2 Å². The number of carbonyl (C=O) groups excluding carboxylic acids is 1. The average molecular weight is 310 g/mol. The van der Waals surface area contributed by atoms with Crippen LogP contribution < -0.4 is 11.1 Å². The van der Waals surface area contributed by atoms with Crippen LogP contribution in [0.2, 0.25) is 0 Å². The summed E-state index contributed by atoms with van der Waals surface area (Å²) in [5, 5.41) is 2.58. The van der Waals surface area contributed by atoms with Crippen LogP contribution >= 0.6 is 11.8 Å². The Morgan fingerprint density at radius 3 is 2.90 bits per heavy atom. The van der Waals surface area contributed by atoms with Gasteiger partial charge in [-0.15, -0.1) is 0 Å². The van der Waals surface area contributed by atoms with Crippen molar-refractivity contribution in [1.29, 1.82) is 0 Å². The molecule has 1 amide bonds. The second-order valence-corrected chi connectivity index (χ2v) is 6.77. The highest BCUT2D eigenvalue weighted by Crippen LogP contribution is 2.28. The van der Waals surface area contributed by atoms with Crippen LogP contribution in [0.25, 0.3) is 0 Å². The normalized spacial score (nSPS) is 15.3. The predicted octanol–water partition coefficient (Wildman–Crippen LogP) is 4.05. The molecule has 2 rings (SSSR count). The number of thioether (sulfide) groups is 1. The highest BCUT2D eigenvalue weighted by molar-refractivity contribution is 7.99. The molecule has 0 heterocycles. The van der Waals surface area contributed by atoms with Gasteiger partial charge in [0, 0.05) is 12.1 Å². The topological polar surface area (TPSA) is 55.1 Å². The van der Waals surface area contributed by atoms with Gasteiger partial charge in [0.15, 0.2) is 0 Å². The first kappa shape index (κ1) is 16.1. The van der Waals surface area contributed by atoms with Crippen LogP contribution in [0, 0.1) is 11.7 Å². The van der Waals surface area contributed by atoms with E-state index in [1.165, 1.54) is 49.6 Å². The summed E-state index contributed by atoms with van der Waals surface area (Å²) < 4.78 is 13.5. The Morgan fingerprint density at radius 1 is 1.38 bits per heavy atom. The van der Waals surface area contributed by atoms with Crippen LogP contribution in [0.5, 0.6) is 0 Å². The zero-order valence-corrected chi connectivity index (χ0v) is 13.1. The maximum absolute atomic E-state index is 13.5. The fourth-order valence-corrected chi connectivity index (χ4v) is 3.79. The van der Waals surface area contributed by atoms with Gasteiger partial charge in [0.1, 0.15) is 5.82 Å². The van der Waals surface area contributed by atoms with Crippen molar-refractivity contribution in [2.24, 2.45) is 5.92 Å². The molecule has 5 heteroatoms. The quantitative estimate of drug-likeness (QED) is 0.590. The van der Waals surface area contributed by atoms with Crippen LogP contribution in [0.3, 0.4) is 0 Å². The van der Waals surface area contributed by atoms with E-state index in [0.29, 0.717) is 12.1 Å². The van der Waals surface area contributed by atoms with Gasteiger partial charge in [0.05, 0.1) is 5.69 Å². The smallest absolute Gasteiger partial charge is 0.224 e. The molecule has 1 aromatic rings. The van der Waals surface area contributed by atoms with Crippen LogP contribution in [-0.2, 0) is 4.79 Å². The van der Waals surface area contributed by atoms with Crippen molar-refractivity contribution in [1.82, 2.24) is 0 Å². The minimum Gasteiger partial charge on any atom is -0.399 e. The largest absolute Gasteiger partial charge is 0.399 e. The van der Waals surface area contributed by atoms with Crippen molar-refractivity contribution in [2.45, 2.75) is 38.5 Å². The second kappa shape index (κ2) is 8.27. The summed E-state index contributed by atoms with van der Waals surface area (Å²) in [6.45, 7) is 0. The third-order valence-corrected chi connectivity index (χ3v) is 5.07. The third-order valence-electron chi connectivity index (χ3n) is 3.79. The van der Waals surface area contributed by atoms with E-state index in [4.69, 9.17) is 5.73 Å². The molecule has 0 spiro atoms. The maximum atomic E-state index is 13.5. The van der Waals surface area contributed by atoms with Gasteiger partial charge in [-0.2, -0.15) is 11.8 Å². The zero-order valence-electron chi connectivity index (χ0n) is 12.2. The number of nitrogen functional groups attached to an aromatic ring is 1. The van der Waals surface area contributed by atoms with Gasteiger partial charge in [-0.3, -0.25) is 4.79 Å². The Morgan fingerprint density at radius 2 is 2.14 bits per heavy atom. The van der Waals surface area contributed by atoms with Gasteiger partial charge in [-0.25, -0.2) is 4.39 Å². The first-order valence-electron chi connectivity index (χ1n) is 7.58. The number of amides is 1. The first-order valence-corrected chi connectivity index (χ1v) is 8.73. The molecule has 3 nitrogen and oxygen atoms in total. The van der Waals surface area contributed by atoms with Crippen molar-refractivity contribution in [3.8, 4) is 0 Å². The fourth-order valence-electron chi connectivity index (χ4n) is 2.61. The third kappa shape index (κ3) is 5.58. The molecule has 1 aromatic carbocycles. The summed E-state index contributed by atoms with van der Waals surface area (Å²) in [7, 11) is 0. The van der Waals surface area contributed by atoms with E-state index in [1.54, 1.807) is 0 Å². The van der Waals surface area contributed by atoms with Gasteiger partial charge >= 0.3 is 0 Å². The standard InChI is InChI=1S/C16H23FN2OS/c17-14-8-7-13(18)10-15(14)19-16(20)6-3-9-21-11-12-4-1-2-5-12/h7-8,10,12H,1-6,9,11,18H2,(H,19,20).